The van der Waals surface area contributed by atoms with E-state index in [1.165, 1.54) is 6.92 Å². The van der Waals surface area contributed by atoms with Gasteiger partial charge in [0.1, 0.15) is 0 Å². The first-order valence-electron chi connectivity index (χ1n) is 5.61. The second-order valence-corrected chi connectivity index (χ2v) is 7.10. The number of hydrogen-bond acceptors (Lipinski definition) is 3. The van der Waals surface area contributed by atoms with E-state index in [1.54, 1.807) is 0 Å². The minimum atomic E-state index is -5.85. The van der Waals surface area contributed by atoms with Crippen LogP contribution in [0.2, 0.25) is 0 Å². The number of aliphatic carboxylic acids is 1. The molecule has 1 N–H and O–H groups in total. The molecule has 0 amide bonds. The lowest BCUT2D eigenvalue weighted by atomic mass is 10.0. The smallest absolute Gasteiger partial charge is 0.453 e. The fraction of sp³-hybridized carbons (Fsp3) is 0.900. The summed E-state index contributed by atoms with van der Waals surface area (Å²) in [6, 6.07) is 0. The molecule has 0 spiro atoms. The number of carboxylic acid groups (broad SMARTS) is 1. The molecule has 0 aliphatic carbocycles. The topological polar surface area (TPSA) is 71.4 Å². The molecule has 1 unspecified atom stereocenters. The van der Waals surface area contributed by atoms with Gasteiger partial charge in [-0.3, -0.25) is 4.79 Å². The van der Waals surface area contributed by atoms with Crippen molar-refractivity contribution >= 4 is 15.8 Å². The standard InChI is InChI=1S/C10H15F5O4S/c1-3-6-20(18,19)8(2,7(16)17)4-5-9(11,12)10(13,14)15/h3-6H2,1-2H3,(H,16,17). The van der Waals surface area contributed by atoms with Gasteiger partial charge in [0.2, 0.25) is 0 Å². The zero-order valence-electron chi connectivity index (χ0n) is 10.8. The number of sulfone groups is 1. The lowest BCUT2D eigenvalue weighted by molar-refractivity contribution is -0.284. The summed E-state index contributed by atoms with van der Waals surface area (Å²) in [7, 11) is -4.34. The van der Waals surface area contributed by atoms with Crippen molar-refractivity contribution in [3.63, 3.8) is 0 Å². The Labute approximate surface area is 112 Å². The summed E-state index contributed by atoms with van der Waals surface area (Å²) in [6.45, 7) is 2.07. The van der Waals surface area contributed by atoms with Crippen LogP contribution in [0.15, 0.2) is 0 Å². The van der Waals surface area contributed by atoms with Gasteiger partial charge in [-0.25, -0.2) is 8.42 Å². The molecule has 0 rings (SSSR count). The molecular weight excluding hydrogens is 311 g/mol. The SMILES string of the molecule is CCCS(=O)(=O)C(C)(CCC(F)(F)C(F)(F)F)C(=O)O. The Hall–Kier alpha value is -0.930. The third-order valence-electron chi connectivity index (χ3n) is 2.94. The zero-order valence-corrected chi connectivity index (χ0v) is 11.6. The Kier molecular flexibility index (Phi) is 5.55. The van der Waals surface area contributed by atoms with Crippen molar-refractivity contribution in [3.05, 3.63) is 0 Å². The number of carbonyl (C=O) groups is 1. The zero-order chi connectivity index (χ0) is 16.4. The second kappa shape index (κ2) is 5.82. The fourth-order valence-corrected chi connectivity index (χ4v) is 3.09. The van der Waals surface area contributed by atoms with Crippen molar-refractivity contribution in [3.8, 4) is 0 Å². The maximum absolute atomic E-state index is 12.8. The highest BCUT2D eigenvalue weighted by Crippen LogP contribution is 2.41. The van der Waals surface area contributed by atoms with Gasteiger partial charge in [0.15, 0.2) is 14.6 Å². The van der Waals surface area contributed by atoms with Crippen molar-refractivity contribution in [2.45, 2.75) is 50.0 Å². The van der Waals surface area contributed by atoms with Crippen molar-refractivity contribution in [2.24, 2.45) is 0 Å². The summed E-state index contributed by atoms with van der Waals surface area (Å²) in [4.78, 5) is 11.0. The molecule has 0 saturated carbocycles. The maximum atomic E-state index is 12.8. The summed E-state index contributed by atoms with van der Waals surface area (Å²) in [5.41, 5.74) is 0. The molecule has 4 nitrogen and oxygen atoms in total. The predicted molar refractivity (Wildman–Crippen MR) is 60.4 cm³/mol. The number of carboxylic acids is 1. The van der Waals surface area contributed by atoms with Crippen molar-refractivity contribution in [1.29, 1.82) is 0 Å². The summed E-state index contributed by atoms with van der Waals surface area (Å²) < 4.78 is 82.4. The Morgan fingerprint density at radius 2 is 1.55 bits per heavy atom. The van der Waals surface area contributed by atoms with E-state index >= 15 is 0 Å². The normalized spacial score (nSPS) is 16.8. The van der Waals surface area contributed by atoms with Crippen LogP contribution in [0.25, 0.3) is 0 Å². The molecule has 0 aliphatic rings. The highest BCUT2D eigenvalue weighted by molar-refractivity contribution is 7.93. The second-order valence-electron chi connectivity index (χ2n) is 4.56. The van der Waals surface area contributed by atoms with Gasteiger partial charge in [-0.05, 0) is 19.8 Å². The van der Waals surface area contributed by atoms with Crippen LogP contribution in [0.1, 0.15) is 33.1 Å². The molecule has 0 fully saturated rings. The first-order valence-corrected chi connectivity index (χ1v) is 7.27. The number of alkyl halides is 5. The van der Waals surface area contributed by atoms with Crippen LogP contribution in [0.3, 0.4) is 0 Å². The summed E-state index contributed by atoms with van der Waals surface area (Å²) >= 11 is 0. The predicted octanol–water partition coefficient (Wildman–Crippen LogP) is 2.63. The summed E-state index contributed by atoms with van der Waals surface area (Å²) in [6.07, 6.45) is -9.04. The van der Waals surface area contributed by atoms with Gasteiger partial charge in [-0.15, -0.1) is 0 Å². The molecule has 0 aromatic heterocycles. The van der Waals surface area contributed by atoms with Crippen LogP contribution in [0.5, 0.6) is 0 Å². The number of halogens is 5. The van der Waals surface area contributed by atoms with Crippen molar-refractivity contribution in [2.75, 3.05) is 5.75 Å². The van der Waals surface area contributed by atoms with Crippen LogP contribution in [0.4, 0.5) is 22.0 Å². The highest BCUT2D eigenvalue weighted by Gasteiger charge is 2.59. The molecular formula is C10H15F5O4S. The number of hydrogen-bond donors (Lipinski definition) is 1. The van der Waals surface area contributed by atoms with Crippen molar-refractivity contribution < 1.29 is 40.3 Å². The molecule has 0 aliphatic heterocycles. The third-order valence-corrected chi connectivity index (χ3v) is 5.64. The third kappa shape index (κ3) is 3.80. The molecule has 0 saturated heterocycles. The summed E-state index contributed by atoms with van der Waals surface area (Å²) in [5, 5.41) is 8.89. The minimum Gasteiger partial charge on any atom is -0.480 e. The van der Waals surface area contributed by atoms with Gasteiger partial charge in [0, 0.05) is 6.42 Å². The monoisotopic (exact) mass is 326 g/mol. The molecule has 0 heterocycles. The highest BCUT2D eigenvalue weighted by atomic mass is 32.2. The van der Waals surface area contributed by atoms with E-state index in [0.29, 0.717) is 6.92 Å². The van der Waals surface area contributed by atoms with Crippen LogP contribution in [-0.4, -0.2) is 42.1 Å². The van der Waals surface area contributed by atoms with Gasteiger partial charge in [0.25, 0.3) is 0 Å². The van der Waals surface area contributed by atoms with E-state index in [1.807, 2.05) is 0 Å². The first-order chi connectivity index (χ1) is 8.71. The van der Waals surface area contributed by atoms with Gasteiger partial charge < -0.3 is 5.11 Å². The summed E-state index contributed by atoms with van der Waals surface area (Å²) in [5.74, 6) is -7.68. The van der Waals surface area contributed by atoms with E-state index in [0.717, 1.165) is 0 Å². The van der Waals surface area contributed by atoms with Crippen LogP contribution in [0, 0.1) is 0 Å². The quantitative estimate of drug-likeness (QED) is 0.730. The Morgan fingerprint density at radius 3 is 1.85 bits per heavy atom. The van der Waals surface area contributed by atoms with Gasteiger partial charge in [0.05, 0.1) is 5.75 Å². The Bertz CT molecular complexity index is 457. The van der Waals surface area contributed by atoms with Crippen LogP contribution >= 0.6 is 0 Å². The Balaban J connectivity index is 5.33. The average molecular weight is 326 g/mol. The molecule has 10 heteroatoms. The molecule has 0 radical (unpaired) electrons. The van der Waals surface area contributed by atoms with E-state index in [4.69, 9.17) is 5.11 Å². The largest absolute Gasteiger partial charge is 0.480 e. The van der Waals surface area contributed by atoms with Crippen molar-refractivity contribution in [1.82, 2.24) is 0 Å². The Morgan fingerprint density at radius 1 is 1.10 bits per heavy atom. The van der Waals surface area contributed by atoms with Gasteiger partial charge in [-0.1, -0.05) is 6.92 Å². The first kappa shape index (κ1) is 19.1. The molecule has 0 aromatic rings. The van der Waals surface area contributed by atoms with E-state index < -0.39 is 51.2 Å². The molecule has 120 valence electrons. The molecule has 20 heavy (non-hydrogen) atoms. The molecule has 0 aromatic carbocycles. The molecule has 1 atom stereocenters. The van der Waals surface area contributed by atoms with Gasteiger partial charge in [-0.2, -0.15) is 22.0 Å². The lowest BCUT2D eigenvalue weighted by Crippen LogP contribution is -2.47. The maximum Gasteiger partial charge on any atom is 0.453 e. The lowest BCUT2D eigenvalue weighted by Gasteiger charge is -2.27. The average Bonchev–Trinajstić information content (AvgIpc) is 2.23. The molecule has 0 bridgehead atoms. The van der Waals surface area contributed by atoms with Gasteiger partial charge >= 0.3 is 18.1 Å². The van der Waals surface area contributed by atoms with E-state index in [-0.39, 0.29) is 6.42 Å². The van der Waals surface area contributed by atoms with Crippen LogP contribution in [-0.2, 0) is 14.6 Å². The minimum absolute atomic E-state index is 0.0286. The fourth-order valence-electron chi connectivity index (χ4n) is 1.43. The van der Waals surface area contributed by atoms with Crippen LogP contribution < -0.4 is 0 Å². The van der Waals surface area contributed by atoms with E-state index in [2.05, 4.69) is 0 Å². The number of rotatable bonds is 7. The van der Waals surface area contributed by atoms with E-state index in [9.17, 15) is 35.2 Å².